The van der Waals surface area contributed by atoms with Crippen molar-refractivity contribution in [2.75, 3.05) is 18.9 Å². The molecule has 0 radical (unpaired) electrons. The van der Waals surface area contributed by atoms with Gasteiger partial charge in [-0.05, 0) is 31.9 Å². The fourth-order valence-electron chi connectivity index (χ4n) is 3.15. The molecule has 2 aromatic rings. The highest BCUT2D eigenvalue weighted by molar-refractivity contribution is 8.01. The molecule has 0 aliphatic carbocycles. The standard InChI is InChI=1S/C20H24N2O6S2/c1-13-17(8-7-14(23)11-27-15-5-3-2-4-6-15)22(20(26)28-13)9-10-29-19-21-16(12-30-19)18(24)25/h2-6,12-14,17,23H,7-11H2,1H3,(H,24,25). The number of ether oxygens (including phenoxy) is 2. The van der Waals surface area contributed by atoms with E-state index in [-0.39, 0.29) is 30.5 Å². The maximum Gasteiger partial charge on any atom is 0.410 e. The average molecular weight is 453 g/mol. The molecular weight excluding hydrogens is 428 g/mol. The van der Waals surface area contributed by atoms with Crippen LogP contribution in [0.2, 0.25) is 0 Å². The van der Waals surface area contributed by atoms with E-state index in [9.17, 15) is 14.7 Å². The van der Waals surface area contributed by atoms with E-state index in [0.29, 0.717) is 35.2 Å². The third-order valence-electron chi connectivity index (χ3n) is 4.70. The number of hydrogen-bond donors (Lipinski definition) is 2. The number of para-hydroxylation sites is 1. The van der Waals surface area contributed by atoms with Gasteiger partial charge in [0.05, 0.1) is 12.1 Å². The molecule has 3 unspecified atom stereocenters. The minimum atomic E-state index is -1.05. The van der Waals surface area contributed by atoms with Gasteiger partial charge in [-0.2, -0.15) is 0 Å². The zero-order valence-electron chi connectivity index (χ0n) is 16.5. The Morgan fingerprint density at radius 1 is 1.40 bits per heavy atom. The predicted octanol–water partition coefficient (Wildman–Crippen LogP) is 3.36. The summed E-state index contributed by atoms with van der Waals surface area (Å²) in [5, 5.41) is 20.7. The largest absolute Gasteiger partial charge is 0.491 e. The summed E-state index contributed by atoms with van der Waals surface area (Å²) >= 11 is 2.68. The average Bonchev–Trinajstić information content (AvgIpc) is 3.30. The lowest BCUT2D eigenvalue weighted by molar-refractivity contribution is 0.0690. The summed E-state index contributed by atoms with van der Waals surface area (Å²) in [6.45, 7) is 2.49. The molecule has 10 heteroatoms. The van der Waals surface area contributed by atoms with Crippen molar-refractivity contribution in [2.45, 2.75) is 42.4 Å². The first kappa shape index (κ1) is 22.4. The summed E-state index contributed by atoms with van der Waals surface area (Å²) in [5.41, 5.74) is 0.0290. The lowest BCUT2D eigenvalue weighted by Gasteiger charge is -2.24. The van der Waals surface area contributed by atoms with Gasteiger partial charge in [0.1, 0.15) is 18.5 Å². The van der Waals surface area contributed by atoms with Crippen LogP contribution in [-0.2, 0) is 4.74 Å². The number of carboxylic acid groups (broad SMARTS) is 1. The molecule has 8 nitrogen and oxygen atoms in total. The zero-order chi connectivity index (χ0) is 21.5. The minimum absolute atomic E-state index is 0.0290. The van der Waals surface area contributed by atoms with Gasteiger partial charge < -0.3 is 24.6 Å². The van der Waals surface area contributed by atoms with Gasteiger partial charge in [-0.25, -0.2) is 14.6 Å². The maximum absolute atomic E-state index is 12.2. The number of cyclic esters (lactones) is 1. The Kier molecular flexibility index (Phi) is 7.94. The number of benzene rings is 1. The van der Waals surface area contributed by atoms with E-state index in [1.54, 1.807) is 4.90 Å². The summed E-state index contributed by atoms with van der Waals surface area (Å²) in [7, 11) is 0. The van der Waals surface area contributed by atoms with E-state index in [1.165, 1.54) is 28.5 Å². The summed E-state index contributed by atoms with van der Waals surface area (Å²) in [6, 6.07) is 9.17. The molecule has 0 saturated carbocycles. The number of aromatic carboxylic acids is 1. The van der Waals surface area contributed by atoms with Crippen LogP contribution in [0.25, 0.3) is 0 Å². The smallest absolute Gasteiger partial charge is 0.410 e. The van der Waals surface area contributed by atoms with Gasteiger partial charge in [0.2, 0.25) is 0 Å². The number of rotatable bonds is 11. The van der Waals surface area contributed by atoms with Gasteiger partial charge in [0.25, 0.3) is 0 Å². The van der Waals surface area contributed by atoms with Gasteiger partial charge in [-0.1, -0.05) is 30.0 Å². The number of carbonyl (C=O) groups is 2. The van der Waals surface area contributed by atoms with Crippen molar-refractivity contribution < 1.29 is 29.3 Å². The van der Waals surface area contributed by atoms with Crippen molar-refractivity contribution in [1.82, 2.24) is 9.88 Å². The van der Waals surface area contributed by atoms with Crippen molar-refractivity contribution in [1.29, 1.82) is 0 Å². The van der Waals surface area contributed by atoms with E-state index in [0.717, 1.165) is 0 Å². The molecule has 1 amide bonds. The van der Waals surface area contributed by atoms with Crippen LogP contribution in [0.1, 0.15) is 30.3 Å². The lowest BCUT2D eigenvalue weighted by atomic mass is 10.0. The van der Waals surface area contributed by atoms with Gasteiger partial charge in [-0.15, -0.1) is 11.3 Å². The molecule has 1 aliphatic heterocycles. The van der Waals surface area contributed by atoms with Gasteiger partial charge in [-0.3, -0.25) is 0 Å². The molecule has 0 bridgehead atoms. The molecule has 1 saturated heterocycles. The van der Waals surface area contributed by atoms with Crippen LogP contribution in [0.4, 0.5) is 4.79 Å². The Balaban J connectivity index is 1.45. The van der Waals surface area contributed by atoms with Crippen molar-refractivity contribution >= 4 is 35.2 Å². The van der Waals surface area contributed by atoms with Crippen LogP contribution in [0, 0.1) is 0 Å². The van der Waals surface area contributed by atoms with Crippen LogP contribution >= 0.6 is 23.1 Å². The van der Waals surface area contributed by atoms with Crippen LogP contribution in [0.3, 0.4) is 0 Å². The number of thiazole rings is 1. The first-order chi connectivity index (χ1) is 14.4. The first-order valence-electron chi connectivity index (χ1n) is 9.59. The Hall–Kier alpha value is -2.30. The minimum Gasteiger partial charge on any atom is -0.491 e. The van der Waals surface area contributed by atoms with Crippen LogP contribution in [0.15, 0.2) is 40.1 Å². The highest BCUT2D eigenvalue weighted by atomic mass is 32.2. The van der Waals surface area contributed by atoms with Crippen LogP contribution in [-0.4, -0.2) is 69.3 Å². The molecule has 0 spiro atoms. The number of carbonyl (C=O) groups excluding carboxylic acids is 1. The third-order valence-corrected chi connectivity index (χ3v) is 6.71. The lowest BCUT2D eigenvalue weighted by Crippen LogP contribution is -2.38. The van der Waals surface area contributed by atoms with Gasteiger partial charge >= 0.3 is 12.1 Å². The molecule has 162 valence electrons. The maximum atomic E-state index is 12.2. The zero-order valence-corrected chi connectivity index (χ0v) is 18.1. The van der Waals surface area contributed by atoms with Crippen LogP contribution in [0.5, 0.6) is 5.75 Å². The highest BCUT2D eigenvalue weighted by Crippen LogP contribution is 2.27. The second-order valence-electron chi connectivity index (χ2n) is 6.86. The second-order valence-corrected chi connectivity index (χ2v) is 9.06. The second kappa shape index (κ2) is 10.6. The topological polar surface area (TPSA) is 109 Å². The summed E-state index contributed by atoms with van der Waals surface area (Å²) in [6.07, 6.45) is -0.195. The molecule has 1 aromatic heterocycles. The molecule has 1 aliphatic rings. The summed E-state index contributed by atoms with van der Waals surface area (Å²) < 4.78 is 11.6. The van der Waals surface area contributed by atoms with E-state index in [1.807, 2.05) is 37.3 Å². The fourth-order valence-corrected chi connectivity index (χ4v) is 4.96. The number of aliphatic hydroxyl groups excluding tert-OH is 1. The molecular formula is C20H24N2O6S2. The molecule has 3 rings (SSSR count). The SMILES string of the molecule is CC1OC(=O)N(CCSc2nc(C(=O)O)cs2)C1CCC(O)COc1ccccc1. The van der Waals surface area contributed by atoms with Crippen LogP contribution < -0.4 is 4.74 Å². The van der Waals surface area contributed by atoms with Crippen molar-refractivity contribution in [3.05, 3.63) is 41.4 Å². The number of aliphatic hydroxyl groups is 1. The normalized spacial score (nSPS) is 19.5. The Labute approximate surface area is 182 Å². The molecule has 2 heterocycles. The fraction of sp³-hybridized carbons (Fsp3) is 0.450. The summed E-state index contributed by atoms with van der Waals surface area (Å²) in [4.78, 5) is 28.8. The highest BCUT2D eigenvalue weighted by Gasteiger charge is 2.38. The number of nitrogens with zero attached hydrogens (tertiary/aromatic N) is 2. The van der Waals surface area contributed by atoms with E-state index in [2.05, 4.69) is 4.98 Å². The monoisotopic (exact) mass is 452 g/mol. The molecule has 30 heavy (non-hydrogen) atoms. The molecule has 2 N–H and O–H groups in total. The quantitative estimate of drug-likeness (QED) is 0.500. The third kappa shape index (κ3) is 6.10. The van der Waals surface area contributed by atoms with E-state index >= 15 is 0 Å². The Morgan fingerprint density at radius 3 is 2.87 bits per heavy atom. The first-order valence-corrected chi connectivity index (χ1v) is 11.5. The van der Waals surface area contributed by atoms with Crippen molar-refractivity contribution in [2.24, 2.45) is 0 Å². The molecule has 1 aromatic carbocycles. The Bertz CT molecular complexity index is 847. The summed E-state index contributed by atoms with van der Waals surface area (Å²) in [5.74, 6) is 0.228. The number of hydrogen-bond acceptors (Lipinski definition) is 8. The van der Waals surface area contributed by atoms with Crippen molar-refractivity contribution in [3.63, 3.8) is 0 Å². The number of thioether (sulfide) groups is 1. The van der Waals surface area contributed by atoms with Gasteiger partial charge in [0, 0.05) is 17.7 Å². The Morgan fingerprint density at radius 2 is 2.17 bits per heavy atom. The number of aromatic nitrogens is 1. The number of amides is 1. The number of carboxylic acids is 1. The molecule has 3 atom stereocenters. The molecule has 1 fully saturated rings. The van der Waals surface area contributed by atoms with E-state index in [4.69, 9.17) is 14.6 Å². The van der Waals surface area contributed by atoms with Gasteiger partial charge in [0.15, 0.2) is 10.0 Å². The van der Waals surface area contributed by atoms with Crippen molar-refractivity contribution in [3.8, 4) is 5.75 Å². The predicted molar refractivity (Wildman–Crippen MR) is 113 cm³/mol. The van der Waals surface area contributed by atoms with E-state index < -0.39 is 12.1 Å².